The Bertz CT molecular complexity index is 470. The van der Waals surface area contributed by atoms with E-state index in [0.717, 1.165) is 13.0 Å². The van der Waals surface area contributed by atoms with Crippen LogP contribution in [0, 0.1) is 11.6 Å². The molecule has 21 heavy (non-hydrogen) atoms. The molecule has 0 aliphatic heterocycles. The first-order valence-corrected chi connectivity index (χ1v) is 6.77. The van der Waals surface area contributed by atoms with Crippen molar-refractivity contribution >= 4 is 5.91 Å². The van der Waals surface area contributed by atoms with Gasteiger partial charge in [0.05, 0.1) is 0 Å². The summed E-state index contributed by atoms with van der Waals surface area (Å²) in [5.74, 6) is -2.65. The van der Waals surface area contributed by atoms with E-state index in [1.165, 1.54) is 18.2 Å². The predicted molar refractivity (Wildman–Crippen MR) is 77.1 cm³/mol. The fourth-order valence-electron chi connectivity index (χ4n) is 1.64. The minimum atomic E-state index is -0.820. The minimum Gasteiger partial charge on any atom is -0.478 e. The van der Waals surface area contributed by atoms with E-state index in [9.17, 15) is 13.6 Å². The maximum atomic E-state index is 13.8. The number of amides is 1. The van der Waals surface area contributed by atoms with Crippen LogP contribution in [0.1, 0.15) is 18.9 Å². The topological polar surface area (TPSA) is 50.4 Å². The fourth-order valence-corrected chi connectivity index (χ4v) is 1.64. The van der Waals surface area contributed by atoms with Crippen molar-refractivity contribution in [1.29, 1.82) is 0 Å². The van der Waals surface area contributed by atoms with E-state index < -0.39 is 29.9 Å². The van der Waals surface area contributed by atoms with Crippen LogP contribution in [0.3, 0.4) is 0 Å². The summed E-state index contributed by atoms with van der Waals surface area (Å²) in [6, 6.07) is 2.39. The van der Waals surface area contributed by atoms with Gasteiger partial charge in [0, 0.05) is 13.1 Å². The van der Waals surface area contributed by atoms with Gasteiger partial charge in [0.2, 0.25) is 0 Å². The highest BCUT2D eigenvalue weighted by Crippen LogP contribution is 2.23. The molecule has 1 amide bonds. The quantitative estimate of drug-likeness (QED) is 0.542. The van der Waals surface area contributed by atoms with E-state index >= 15 is 0 Å². The summed E-state index contributed by atoms with van der Waals surface area (Å²) in [6.45, 7) is 6.41. The molecule has 0 radical (unpaired) electrons. The van der Waals surface area contributed by atoms with E-state index in [1.807, 2.05) is 6.92 Å². The van der Waals surface area contributed by atoms with Crippen LogP contribution < -0.4 is 15.4 Å². The molecule has 116 valence electrons. The standard InChI is InChI=1S/C15H20F2N2O2/c1-3-5-18-9-11-7-12(16)15(13(17)8-11)21-10-14(20)19-6-4-2/h4,7-8,18H,2-3,5-6,9-10H2,1H3,(H,19,20). The Morgan fingerprint density at radius 2 is 2.05 bits per heavy atom. The lowest BCUT2D eigenvalue weighted by atomic mass is 10.2. The first-order valence-electron chi connectivity index (χ1n) is 6.77. The molecular weight excluding hydrogens is 278 g/mol. The number of hydrogen-bond acceptors (Lipinski definition) is 3. The van der Waals surface area contributed by atoms with E-state index in [0.29, 0.717) is 12.1 Å². The normalized spacial score (nSPS) is 10.2. The number of benzene rings is 1. The van der Waals surface area contributed by atoms with Crippen LogP contribution in [0.5, 0.6) is 5.75 Å². The zero-order valence-electron chi connectivity index (χ0n) is 12.0. The zero-order chi connectivity index (χ0) is 15.7. The molecule has 0 aliphatic rings. The molecule has 0 heterocycles. The van der Waals surface area contributed by atoms with Crippen molar-refractivity contribution in [3.05, 3.63) is 42.0 Å². The second kappa shape index (κ2) is 9.07. The van der Waals surface area contributed by atoms with Crippen LogP contribution in [0.25, 0.3) is 0 Å². The molecule has 0 fully saturated rings. The van der Waals surface area contributed by atoms with Gasteiger partial charge in [-0.2, -0.15) is 0 Å². The average Bonchev–Trinajstić information content (AvgIpc) is 2.44. The Balaban J connectivity index is 2.62. The molecule has 2 N–H and O–H groups in total. The lowest BCUT2D eigenvalue weighted by Crippen LogP contribution is -2.29. The number of rotatable bonds is 9. The van der Waals surface area contributed by atoms with Crippen molar-refractivity contribution in [1.82, 2.24) is 10.6 Å². The SMILES string of the molecule is C=CCNC(=O)COc1c(F)cc(CNCCC)cc1F. The summed E-state index contributed by atoms with van der Waals surface area (Å²) in [4.78, 5) is 11.3. The van der Waals surface area contributed by atoms with Gasteiger partial charge < -0.3 is 15.4 Å². The molecule has 6 heteroatoms. The van der Waals surface area contributed by atoms with Gasteiger partial charge in [-0.15, -0.1) is 6.58 Å². The van der Waals surface area contributed by atoms with Crippen molar-refractivity contribution in [2.24, 2.45) is 0 Å². The second-order valence-electron chi connectivity index (χ2n) is 4.45. The van der Waals surface area contributed by atoms with Crippen LogP contribution in [-0.2, 0) is 11.3 Å². The zero-order valence-corrected chi connectivity index (χ0v) is 12.0. The van der Waals surface area contributed by atoms with E-state index in [4.69, 9.17) is 4.74 Å². The summed E-state index contributed by atoms with van der Waals surface area (Å²) >= 11 is 0. The average molecular weight is 298 g/mol. The lowest BCUT2D eigenvalue weighted by molar-refractivity contribution is -0.122. The number of halogens is 2. The van der Waals surface area contributed by atoms with Gasteiger partial charge in [-0.25, -0.2) is 8.78 Å². The molecule has 0 aliphatic carbocycles. The molecule has 1 rings (SSSR count). The summed E-state index contributed by atoms with van der Waals surface area (Å²) in [6.07, 6.45) is 2.43. The predicted octanol–water partition coefficient (Wildman–Crippen LogP) is 2.15. The smallest absolute Gasteiger partial charge is 0.258 e. The van der Waals surface area contributed by atoms with Crippen LogP contribution in [0.4, 0.5) is 8.78 Å². The largest absolute Gasteiger partial charge is 0.478 e. The third kappa shape index (κ3) is 5.91. The molecule has 4 nitrogen and oxygen atoms in total. The molecule has 0 aromatic heterocycles. The van der Waals surface area contributed by atoms with Gasteiger partial charge in [0.1, 0.15) is 0 Å². The van der Waals surface area contributed by atoms with Crippen LogP contribution in [-0.4, -0.2) is 25.6 Å². The first-order chi connectivity index (χ1) is 10.1. The monoisotopic (exact) mass is 298 g/mol. The highest BCUT2D eigenvalue weighted by Gasteiger charge is 2.14. The van der Waals surface area contributed by atoms with E-state index in [1.54, 1.807) is 0 Å². The molecule has 0 saturated heterocycles. The number of hydrogen-bond donors (Lipinski definition) is 2. The summed E-state index contributed by atoms with van der Waals surface area (Å²) in [5.41, 5.74) is 0.488. The highest BCUT2D eigenvalue weighted by molar-refractivity contribution is 5.77. The van der Waals surface area contributed by atoms with Crippen molar-refractivity contribution in [3.63, 3.8) is 0 Å². The van der Waals surface area contributed by atoms with Crippen LogP contribution in [0.2, 0.25) is 0 Å². The number of carbonyl (C=O) groups excluding carboxylic acids is 1. The number of ether oxygens (including phenoxy) is 1. The Morgan fingerprint density at radius 1 is 1.38 bits per heavy atom. The summed E-state index contributed by atoms with van der Waals surface area (Å²) < 4.78 is 32.5. The molecule has 0 bridgehead atoms. The van der Waals surface area contributed by atoms with Gasteiger partial charge in [0.15, 0.2) is 24.0 Å². The van der Waals surface area contributed by atoms with Crippen molar-refractivity contribution in [2.45, 2.75) is 19.9 Å². The van der Waals surface area contributed by atoms with Gasteiger partial charge in [0.25, 0.3) is 5.91 Å². The Kier molecular flexibility index (Phi) is 7.39. The Hall–Kier alpha value is -1.95. The summed E-state index contributed by atoms with van der Waals surface area (Å²) in [7, 11) is 0. The molecule has 0 unspecified atom stereocenters. The maximum absolute atomic E-state index is 13.8. The second-order valence-corrected chi connectivity index (χ2v) is 4.45. The molecule has 1 aromatic carbocycles. The third-order valence-corrected chi connectivity index (χ3v) is 2.61. The molecular formula is C15H20F2N2O2. The molecule has 0 atom stereocenters. The van der Waals surface area contributed by atoms with E-state index in [-0.39, 0.29) is 6.54 Å². The Morgan fingerprint density at radius 3 is 2.62 bits per heavy atom. The van der Waals surface area contributed by atoms with Crippen molar-refractivity contribution in [3.8, 4) is 5.75 Å². The molecule has 0 spiro atoms. The van der Waals surface area contributed by atoms with Gasteiger partial charge in [-0.1, -0.05) is 13.0 Å². The number of nitrogens with one attached hydrogen (secondary N) is 2. The van der Waals surface area contributed by atoms with Crippen molar-refractivity contribution in [2.75, 3.05) is 19.7 Å². The lowest BCUT2D eigenvalue weighted by Gasteiger charge is -2.10. The maximum Gasteiger partial charge on any atom is 0.258 e. The van der Waals surface area contributed by atoms with Crippen LogP contribution in [0.15, 0.2) is 24.8 Å². The van der Waals surface area contributed by atoms with Crippen molar-refractivity contribution < 1.29 is 18.3 Å². The fraction of sp³-hybridized carbons (Fsp3) is 0.400. The van der Waals surface area contributed by atoms with E-state index in [2.05, 4.69) is 17.2 Å². The van der Waals surface area contributed by atoms with Gasteiger partial charge in [-0.05, 0) is 30.7 Å². The number of carbonyl (C=O) groups is 1. The van der Waals surface area contributed by atoms with Crippen LogP contribution >= 0.6 is 0 Å². The van der Waals surface area contributed by atoms with Gasteiger partial charge in [-0.3, -0.25) is 4.79 Å². The summed E-state index contributed by atoms with van der Waals surface area (Å²) in [5, 5.41) is 5.50. The molecule has 0 saturated carbocycles. The van der Waals surface area contributed by atoms with Gasteiger partial charge >= 0.3 is 0 Å². The first kappa shape index (κ1) is 17.1. The third-order valence-electron chi connectivity index (χ3n) is 2.61. The minimum absolute atomic E-state index is 0.273. The highest BCUT2D eigenvalue weighted by atomic mass is 19.1. The Labute approximate surface area is 123 Å². The molecule has 1 aromatic rings.